The van der Waals surface area contributed by atoms with E-state index in [4.69, 9.17) is 14.2 Å². The van der Waals surface area contributed by atoms with E-state index in [-0.39, 0.29) is 18.2 Å². The number of methoxy groups -OCH3 is 1. The van der Waals surface area contributed by atoms with Gasteiger partial charge in [0.25, 0.3) is 0 Å². The smallest absolute Gasteiger partial charge is 0.322 e. The summed E-state index contributed by atoms with van der Waals surface area (Å²) in [5.74, 6) is 0.799. The first-order chi connectivity index (χ1) is 11.7. The van der Waals surface area contributed by atoms with Crippen molar-refractivity contribution in [1.82, 2.24) is 4.90 Å². The summed E-state index contributed by atoms with van der Waals surface area (Å²) in [7, 11) is 1.65. The molecule has 1 aromatic carbocycles. The molecule has 2 heterocycles. The van der Waals surface area contributed by atoms with Gasteiger partial charge in [-0.2, -0.15) is 0 Å². The van der Waals surface area contributed by atoms with E-state index in [1.165, 1.54) is 0 Å². The van der Waals surface area contributed by atoms with E-state index in [0.29, 0.717) is 19.8 Å². The van der Waals surface area contributed by atoms with E-state index in [2.05, 4.69) is 12.2 Å². The summed E-state index contributed by atoms with van der Waals surface area (Å²) in [6.07, 6.45) is 3.00. The van der Waals surface area contributed by atoms with Gasteiger partial charge >= 0.3 is 6.03 Å². The Morgan fingerprint density at radius 1 is 1.42 bits per heavy atom. The molecule has 2 atom stereocenters. The van der Waals surface area contributed by atoms with Crippen molar-refractivity contribution in [2.45, 2.75) is 38.3 Å². The lowest BCUT2D eigenvalue weighted by Crippen LogP contribution is -2.55. The fourth-order valence-electron chi connectivity index (χ4n) is 3.40. The standard InChI is InChI=1S/C18H26N2O4/c1-3-13-6-7-14(11-17(13)22-2)19-18(21)20-8-10-23-12-15(20)16-5-4-9-24-16/h6-7,11,15-16H,3-5,8-10,12H2,1-2H3,(H,19,21)/t15-,16-/m1/s1. The average Bonchev–Trinajstić information content (AvgIpc) is 3.16. The van der Waals surface area contributed by atoms with Crippen molar-refractivity contribution in [2.75, 3.05) is 38.8 Å². The zero-order valence-corrected chi connectivity index (χ0v) is 14.4. The van der Waals surface area contributed by atoms with Crippen molar-refractivity contribution in [2.24, 2.45) is 0 Å². The summed E-state index contributed by atoms with van der Waals surface area (Å²) in [6, 6.07) is 5.66. The third kappa shape index (κ3) is 3.65. The molecule has 6 heteroatoms. The molecule has 6 nitrogen and oxygen atoms in total. The summed E-state index contributed by atoms with van der Waals surface area (Å²) < 4.78 is 16.7. The molecule has 1 aromatic rings. The molecule has 0 spiro atoms. The number of rotatable bonds is 4. The summed E-state index contributed by atoms with van der Waals surface area (Å²) in [4.78, 5) is 14.6. The summed E-state index contributed by atoms with van der Waals surface area (Å²) in [5.41, 5.74) is 1.87. The molecule has 0 saturated carbocycles. The normalized spacial score (nSPS) is 24.0. The zero-order chi connectivity index (χ0) is 16.9. The highest BCUT2D eigenvalue weighted by atomic mass is 16.5. The molecule has 2 aliphatic heterocycles. The van der Waals surface area contributed by atoms with Crippen LogP contribution >= 0.6 is 0 Å². The lowest BCUT2D eigenvalue weighted by molar-refractivity contribution is -0.0452. The van der Waals surface area contributed by atoms with Gasteiger partial charge < -0.3 is 24.4 Å². The first kappa shape index (κ1) is 17.0. The molecular formula is C18H26N2O4. The van der Waals surface area contributed by atoms with Gasteiger partial charge in [-0.3, -0.25) is 0 Å². The number of morpholine rings is 1. The van der Waals surface area contributed by atoms with Gasteiger partial charge in [0.05, 0.1) is 32.5 Å². The summed E-state index contributed by atoms with van der Waals surface area (Å²) >= 11 is 0. The minimum atomic E-state index is -0.106. The van der Waals surface area contributed by atoms with Crippen molar-refractivity contribution in [1.29, 1.82) is 0 Å². The van der Waals surface area contributed by atoms with Gasteiger partial charge in [0.15, 0.2) is 0 Å². The molecule has 132 valence electrons. The van der Waals surface area contributed by atoms with Crippen LogP contribution in [0.2, 0.25) is 0 Å². The third-order valence-corrected chi connectivity index (χ3v) is 4.74. The molecule has 1 N–H and O–H groups in total. The fourth-order valence-corrected chi connectivity index (χ4v) is 3.40. The lowest BCUT2D eigenvalue weighted by Gasteiger charge is -2.38. The number of carbonyl (C=O) groups is 1. The molecule has 0 bridgehead atoms. The molecule has 2 amide bonds. The molecule has 0 unspecified atom stereocenters. The van der Waals surface area contributed by atoms with Crippen molar-refractivity contribution in [3.63, 3.8) is 0 Å². The second kappa shape index (κ2) is 7.85. The van der Waals surface area contributed by atoms with Gasteiger partial charge in [0, 0.05) is 24.9 Å². The van der Waals surface area contributed by atoms with E-state index in [0.717, 1.165) is 42.9 Å². The van der Waals surface area contributed by atoms with Crippen LogP contribution in [-0.2, 0) is 15.9 Å². The number of nitrogens with one attached hydrogen (secondary N) is 1. The molecule has 2 fully saturated rings. The molecule has 2 aliphatic rings. The highest BCUT2D eigenvalue weighted by Crippen LogP contribution is 2.26. The van der Waals surface area contributed by atoms with Gasteiger partial charge in [-0.1, -0.05) is 13.0 Å². The Morgan fingerprint density at radius 2 is 2.29 bits per heavy atom. The number of hydrogen-bond donors (Lipinski definition) is 1. The van der Waals surface area contributed by atoms with Crippen molar-refractivity contribution in [3.8, 4) is 5.75 Å². The maximum absolute atomic E-state index is 12.8. The van der Waals surface area contributed by atoms with Gasteiger partial charge in [-0.15, -0.1) is 0 Å². The second-order valence-electron chi connectivity index (χ2n) is 6.20. The number of nitrogens with zero attached hydrogens (tertiary/aromatic N) is 1. The number of amides is 2. The number of benzene rings is 1. The maximum Gasteiger partial charge on any atom is 0.322 e. The van der Waals surface area contributed by atoms with Crippen LogP contribution in [0.4, 0.5) is 10.5 Å². The molecule has 2 saturated heterocycles. The SMILES string of the molecule is CCc1ccc(NC(=O)N2CCOC[C@@H]2[C@H]2CCCO2)cc1OC. The van der Waals surface area contributed by atoms with Crippen LogP contribution in [-0.4, -0.2) is 56.6 Å². The minimum Gasteiger partial charge on any atom is -0.496 e. The minimum absolute atomic E-state index is 0.0157. The first-order valence-corrected chi connectivity index (χ1v) is 8.66. The monoisotopic (exact) mass is 334 g/mol. The van der Waals surface area contributed by atoms with Crippen LogP contribution in [0, 0.1) is 0 Å². The van der Waals surface area contributed by atoms with Gasteiger partial charge in [-0.25, -0.2) is 4.79 Å². The fraction of sp³-hybridized carbons (Fsp3) is 0.611. The third-order valence-electron chi connectivity index (χ3n) is 4.74. The van der Waals surface area contributed by atoms with Crippen LogP contribution in [0.25, 0.3) is 0 Å². The van der Waals surface area contributed by atoms with Crippen LogP contribution in [0.5, 0.6) is 5.75 Å². The predicted octanol–water partition coefficient (Wildman–Crippen LogP) is 2.67. The summed E-state index contributed by atoms with van der Waals surface area (Å²) in [6.45, 7) is 4.54. The molecule has 0 aromatic heterocycles. The Hall–Kier alpha value is -1.79. The Kier molecular flexibility index (Phi) is 5.58. The maximum atomic E-state index is 12.8. The van der Waals surface area contributed by atoms with Gasteiger partial charge in [0.2, 0.25) is 0 Å². The predicted molar refractivity (Wildman–Crippen MR) is 91.7 cm³/mol. The Balaban J connectivity index is 1.70. The van der Waals surface area contributed by atoms with Crippen molar-refractivity contribution in [3.05, 3.63) is 23.8 Å². The number of anilines is 1. The van der Waals surface area contributed by atoms with E-state index in [9.17, 15) is 4.79 Å². The van der Waals surface area contributed by atoms with Crippen LogP contribution in [0.15, 0.2) is 18.2 Å². The van der Waals surface area contributed by atoms with Crippen LogP contribution < -0.4 is 10.1 Å². The number of aryl methyl sites for hydroxylation is 1. The van der Waals surface area contributed by atoms with E-state index in [1.807, 2.05) is 23.1 Å². The number of urea groups is 1. The van der Waals surface area contributed by atoms with E-state index < -0.39 is 0 Å². The van der Waals surface area contributed by atoms with E-state index >= 15 is 0 Å². The molecule has 0 radical (unpaired) electrons. The Labute approximate surface area is 143 Å². The van der Waals surface area contributed by atoms with E-state index in [1.54, 1.807) is 7.11 Å². The largest absolute Gasteiger partial charge is 0.496 e. The first-order valence-electron chi connectivity index (χ1n) is 8.66. The average molecular weight is 334 g/mol. The summed E-state index contributed by atoms with van der Waals surface area (Å²) in [5, 5.41) is 2.99. The zero-order valence-electron chi connectivity index (χ0n) is 14.4. The molecule has 3 rings (SSSR count). The van der Waals surface area contributed by atoms with Crippen molar-refractivity contribution < 1.29 is 19.0 Å². The Morgan fingerprint density at radius 3 is 3.00 bits per heavy atom. The molecule has 0 aliphatic carbocycles. The lowest BCUT2D eigenvalue weighted by atomic mass is 10.1. The second-order valence-corrected chi connectivity index (χ2v) is 6.20. The van der Waals surface area contributed by atoms with Crippen LogP contribution in [0.3, 0.4) is 0 Å². The number of ether oxygens (including phenoxy) is 3. The van der Waals surface area contributed by atoms with Gasteiger partial charge in [0.1, 0.15) is 5.75 Å². The number of carbonyl (C=O) groups excluding carboxylic acids is 1. The van der Waals surface area contributed by atoms with Crippen LogP contribution in [0.1, 0.15) is 25.3 Å². The van der Waals surface area contributed by atoms with Crippen molar-refractivity contribution >= 4 is 11.7 Å². The number of hydrogen-bond acceptors (Lipinski definition) is 4. The molecular weight excluding hydrogens is 308 g/mol. The quantitative estimate of drug-likeness (QED) is 0.920. The highest BCUT2D eigenvalue weighted by Gasteiger charge is 2.36. The topological polar surface area (TPSA) is 60.0 Å². The highest BCUT2D eigenvalue weighted by molar-refractivity contribution is 5.90. The Bertz CT molecular complexity index is 572. The van der Waals surface area contributed by atoms with Gasteiger partial charge in [-0.05, 0) is 30.9 Å². The molecule has 24 heavy (non-hydrogen) atoms.